The summed E-state index contributed by atoms with van der Waals surface area (Å²) < 4.78 is 10.7. The monoisotopic (exact) mass is 460 g/mol. The first-order chi connectivity index (χ1) is 16.5. The van der Waals surface area contributed by atoms with Crippen molar-refractivity contribution in [1.82, 2.24) is 5.32 Å². The van der Waals surface area contributed by atoms with Crippen LogP contribution in [0.4, 0.5) is 5.69 Å². The molecule has 2 amide bonds. The molecule has 0 spiro atoms. The summed E-state index contributed by atoms with van der Waals surface area (Å²) >= 11 is 0. The molecule has 1 fully saturated rings. The second-order valence-electron chi connectivity index (χ2n) is 8.42. The number of Topliss-reactive ketones (excluding diaryl/α,β-unsaturated/α-hetero) is 1. The number of furan rings is 1. The molecule has 0 bridgehead atoms. The van der Waals surface area contributed by atoms with Gasteiger partial charge in [0.05, 0.1) is 13.4 Å². The molecule has 4 rings (SSSR count). The van der Waals surface area contributed by atoms with Crippen LogP contribution in [0.15, 0.2) is 71.3 Å². The average molecular weight is 461 g/mol. The fourth-order valence-electron chi connectivity index (χ4n) is 4.31. The molecule has 1 atom stereocenters. The Balaban J connectivity index is 1.80. The minimum atomic E-state index is -0.952. The molecule has 2 aromatic carbocycles. The number of carbonyl (C=O) groups excluding carboxylic acids is 3. The van der Waals surface area contributed by atoms with E-state index in [0.29, 0.717) is 22.6 Å². The molecule has 1 aliphatic carbocycles. The summed E-state index contributed by atoms with van der Waals surface area (Å²) in [5.41, 5.74) is 1.63. The lowest BCUT2D eigenvalue weighted by atomic mass is 10.0. The van der Waals surface area contributed by atoms with Crippen LogP contribution in [-0.2, 0) is 4.79 Å². The fourth-order valence-corrected chi connectivity index (χ4v) is 4.31. The van der Waals surface area contributed by atoms with E-state index >= 15 is 0 Å². The number of carbonyl (C=O) groups is 3. The highest BCUT2D eigenvalue weighted by atomic mass is 16.5. The van der Waals surface area contributed by atoms with Gasteiger partial charge in [-0.25, -0.2) is 0 Å². The summed E-state index contributed by atoms with van der Waals surface area (Å²) in [6, 6.07) is 16.1. The van der Waals surface area contributed by atoms with Gasteiger partial charge in [0.25, 0.3) is 5.91 Å². The van der Waals surface area contributed by atoms with Gasteiger partial charge in [-0.2, -0.15) is 0 Å². The molecular formula is C27H28N2O5. The van der Waals surface area contributed by atoms with E-state index in [0.717, 1.165) is 25.7 Å². The minimum Gasteiger partial charge on any atom is -0.497 e. The van der Waals surface area contributed by atoms with Crippen LogP contribution < -0.4 is 15.0 Å². The molecule has 0 saturated heterocycles. The van der Waals surface area contributed by atoms with Crippen molar-refractivity contribution in [2.75, 3.05) is 12.0 Å². The topological polar surface area (TPSA) is 88.8 Å². The summed E-state index contributed by atoms with van der Waals surface area (Å²) in [6.45, 7) is 1.48. The maximum Gasteiger partial charge on any atom is 0.294 e. The first-order valence-corrected chi connectivity index (χ1v) is 11.4. The van der Waals surface area contributed by atoms with Crippen LogP contribution in [0.1, 0.15) is 65.1 Å². The predicted octanol–water partition coefficient (Wildman–Crippen LogP) is 4.94. The zero-order valence-electron chi connectivity index (χ0n) is 19.3. The maximum atomic E-state index is 13.7. The van der Waals surface area contributed by atoms with Gasteiger partial charge in [0.2, 0.25) is 5.91 Å². The minimum absolute atomic E-state index is 0.0777. The van der Waals surface area contributed by atoms with Gasteiger partial charge >= 0.3 is 0 Å². The van der Waals surface area contributed by atoms with Gasteiger partial charge in [-0.3, -0.25) is 19.3 Å². The van der Waals surface area contributed by atoms with Gasteiger partial charge in [-0.05, 0) is 73.9 Å². The predicted molar refractivity (Wildman–Crippen MR) is 128 cm³/mol. The van der Waals surface area contributed by atoms with Crippen molar-refractivity contribution >= 4 is 23.3 Å². The molecule has 7 nitrogen and oxygen atoms in total. The third kappa shape index (κ3) is 5.03. The first kappa shape index (κ1) is 23.3. The van der Waals surface area contributed by atoms with E-state index < -0.39 is 11.9 Å². The molecule has 0 aliphatic heterocycles. The molecule has 1 heterocycles. The van der Waals surface area contributed by atoms with Crippen molar-refractivity contribution < 1.29 is 23.5 Å². The van der Waals surface area contributed by atoms with Gasteiger partial charge in [-0.1, -0.05) is 25.0 Å². The molecule has 1 saturated carbocycles. The number of benzene rings is 2. The Morgan fingerprint density at radius 2 is 1.68 bits per heavy atom. The van der Waals surface area contributed by atoms with Crippen molar-refractivity contribution in [3.05, 3.63) is 83.8 Å². The van der Waals surface area contributed by atoms with Crippen LogP contribution in [-0.4, -0.2) is 30.7 Å². The molecule has 176 valence electrons. The number of nitrogens with zero attached hydrogens (tertiary/aromatic N) is 1. The lowest BCUT2D eigenvalue weighted by Gasteiger charge is -2.32. The van der Waals surface area contributed by atoms with Gasteiger partial charge in [-0.15, -0.1) is 0 Å². The number of hydrogen-bond donors (Lipinski definition) is 1. The first-order valence-electron chi connectivity index (χ1n) is 11.4. The standard InChI is InChI=1S/C27H28N2O5/c1-18(30)19-9-13-22(14-10-19)29(27(32)24-8-5-17-34-24)25(20-11-15-23(33-2)16-12-20)26(31)28-21-6-3-4-7-21/h5,8-17,21,25H,3-4,6-7H2,1-2H3,(H,28,31)/t25-/m0/s1. The SMILES string of the molecule is COc1ccc([C@@H](C(=O)NC2CCCC2)N(C(=O)c2ccco2)c2ccc(C(C)=O)cc2)cc1. The normalized spacial score (nSPS) is 14.4. The smallest absolute Gasteiger partial charge is 0.294 e. The molecule has 0 unspecified atom stereocenters. The largest absolute Gasteiger partial charge is 0.497 e. The quantitative estimate of drug-likeness (QED) is 0.481. The number of amides is 2. The zero-order chi connectivity index (χ0) is 24.1. The van der Waals surface area contributed by atoms with Gasteiger partial charge in [0.15, 0.2) is 11.5 Å². The van der Waals surface area contributed by atoms with E-state index in [9.17, 15) is 14.4 Å². The zero-order valence-corrected chi connectivity index (χ0v) is 19.3. The molecule has 3 aromatic rings. The van der Waals surface area contributed by atoms with Crippen molar-refractivity contribution in [2.45, 2.75) is 44.7 Å². The second kappa shape index (κ2) is 10.4. The molecule has 34 heavy (non-hydrogen) atoms. The lowest BCUT2D eigenvalue weighted by Crippen LogP contribution is -2.46. The van der Waals surface area contributed by atoms with E-state index in [1.807, 2.05) is 0 Å². The summed E-state index contributed by atoms with van der Waals surface area (Å²) in [7, 11) is 1.57. The highest BCUT2D eigenvalue weighted by Crippen LogP contribution is 2.32. The van der Waals surface area contributed by atoms with Crippen molar-refractivity contribution in [1.29, 1.82) is 0 Å². The van der Waals surface area contributed by atoms with Crippen LogP contribution in [0.3, 0.4) is 0 Å². The third-order valence-corrected chi connectivity index (χ3v) is 6.14. The van der Waals surface area contributed by atoms with Crippen LogP contribution >= 0.6 is 0 Å². The van der Waals surface area contributed by atoms with E-state index in [2.05, 4.69) is 5.32 Å². The van der Waals surface area contributed by atoms with Crippen molar-refractivity contribution in [3.8, 4) is 5.75 Å². The molecule has 1 N–H and O–H groups in total. The van der Waals surface area contributed by atoms with Gasteiger partial charge in [0, 0.05) is 17.3 Å². The Hall–Kier alpha value is -3.87. The third-order valence-electron chi connectivity index (χ3n) is 6.14. The molecule has 7 heteroatoms. The second-order valence-corrected chi connectivity index (χ2v) is 8.42. The van der Waals surface area contributed by atoms with E-state index in [1.165, 1.54) is 18.1 Å². The van der Waals surface area contributed by atoms with Gasteiger partial charge in [0.1, 0.15) is 11.8 Å². The number of ether oxygens (including phenoxy) is 1. The molecule has 0 radical (unpaired) electrons. The van der Waals surface area contributed by atoms with Crippen LogP contribution in [0.25, 0.3) is 0 Å². The maximum absolute atomic E-state index is 13.7. The fraction of sp³-hybridized carbons (Fsp3) is 0.296. The number of nitrogens with one attached hydrogen (secondary N) is 1. The van der Waals surface area contributed by atoms with Crippen LogP contribution in [0.5, 0.6) is 5.75 Å². The summed E-state index contributed by atoms with van der Waals surface area (Å²) in [6.07, 6.45) is 5.39. The molecule has 1 aromatic heterocycles. The van der Waals surface area contributed by atoms with Gasteiger partial charge < -0.3 is 14.5 Å². The van der Waals surface area contributed by atoms with E-state index in [4.69, 9.17) is 9.15 Å². The Bertz CT molecular complexity index is 1130. The van der Waals surface area contributed by atoms with Crippen molar-refractivity contribution in [3.63, 3.8) is 0 Å². The molecular weight excluding hydrogens is 432 g/mol. The lowest BCUT2D eigenvalue weighted by molar-refractivity contribution is -0.123. The average Bonchev–Trinajstić information content (AvgIpc) is 3.57. The highest BCUT2D eigenvalue weighted by Gasteiger charge is 2.35. The van der Waals surface area contributed by atoms with E-state index in [1.54, 1.807) is 67.8 Å². The van der Waals surface area contributed by atoms with E-state index in [-0.39, 0.29) is 23.5 Å². The Kier molecular flexibility index (Phi) is 7.11. The number of hydrogen-bond acceptors (Lipinski definition) is 5. The van der Waals surface area contributed by atoms with Crippen LogP contribution in [0.2, 0.25) is 0 Å². The highest BCUT2D eigenvalue weighted by molar-refractivity contribution is 6.09. The summed E-state index contributed by atoms with van der Waals surface area (Å²) in [5, 5.41) is 3.14. The van der Waals surface area contributed by atoms with Crippen molar-refractivity contribution in [2.24, 2.45) is 0 Å². The molecule has 1 aliphatic rings. The number of methoxy groups -OCH3 is 1. The number of anilines is 1. The summed E-state index contributed by atoms with van der Waals surface area (Å²) in [5.74, 6) is -0.0482. The Morgan fingerprint density at radius 3 is 2.24 bits per heavy atom. The number of rotatable bonds is 8. The van der Waals surface area contributed by atoms with Crippen LogP contribution in [0, 0.1) is 0 Å². The Morgan fingerprint density at radius 1 is 1.00 bits per heavy atom. The summed E-state index contributed by atoms with van der Waals surface area (Å²) in [4.78, 5) is 40.6. The Labute approximate surface area is 198 Å². The number of ketones is 1.